The normalized spacial score (nSPS) is 50.4. The second-order valence-electron chi connectivity index (χ2n) is 10.6. The van der Waals surface area contributed by atoms with Crippen LogP contribution >= 0.6 is 0 Å². The van der Waals surface area contributed by atoms with Crippen LogP contribution in [-0.4, -0.2) is 11.2 Å². The molecule has 0 aromatic heterocycles. The van der Waals surface area contributed by atoms with Crippen LogP contribution < -0.4 is 0 Å². The van der Waals surface area contributed by atoms with Gasteiger partial charge in [-0.25, -0.2) is 0 Å². The third-order valence-corrected chi connectivity index (χ3v) is 9.59. The van der Waals surface area contributed by atoms with Crippen LogP contribution in [0.4, 0.5) is 0 Å². The zero-order valence-corrected chi connectivity index (χ0v) is 17.1. The van der Waals surface area contributed by atoms with Gasteiger partial charge in [0.1, 0.15) is 0 Å². The molecule has 0 aliphatic heterocycles. The zero-order valence-electron chi connectivity index (χ0n) is 17.1. The molecule has 0 radical (unpaired) electrons. The van der Waals surface area contributed by atoms with Gasteiger partial charge in [0.2, 0.25) is 0 Å². The Kier molecular flexibility index (Phi) is 4.63. The van der Waals surface area contributed by atoms with Crippen molar-refractivity contribution >= 4 is 0 Å². The van der Waals surface area contributed by atoms with E-state index in [4.69, 9.17) is 0 Å². The highest BCUT2D eigenvalue weighted by molar-refractivity contribution is 5.25. The molecule has 3 fully saturated rings. The maximum absolute atomic E-state index is 10.1. The van der Waals surface area contributed by atoms with Crippen molar-refractivity contribution in [3.8, 4) is 0 Å². The first kappa shape index (κ1) is 18.1. The molecule has 0 saturated heterocycles. The zero-order chi connectivity index (χ0) is 17.8. The molecule has 4 aliphatic rings. The van der Waals surface area contributed by atoms with Crippen molar-refractivity contribution in [1.29, 1.82) is 0 Å². The molecule has 8 atom stereocenters. The maximum Gasteiger partial charge on any atom is 0.0724 e. The first-order chi connectivity index (χ1) is 11.9. The van der Waals surface area contributed by atoms with Gasteiger partial charge in [0.05, 0.1) is 6.10 Å². The number of aliphatic hydroxyl groups excluding tert-OH is 1. The van der Waals surface area contributed by atoms with Crippen molar-refractivity contribution in [3.05, 3.63) is 11.6 Å². The summed E-state index contributed by atoms with van der Waals surface area (Å²) in [7, 11) is 0. The fraction of sp³-hybridized carbons (Fsp3) is 0.917. The average Bonchev–Trinajstić information content (AvgIpc) is 2.93. The third-order valence-electron chi connectivity index (χ3n) is 9.59. The highest BCUT2D eigenvalue weighted by atomic mass is 16.3. The fourth-order valence-electron chi connectivity index (χ4n) is 8.34. The van der Waals surface area contributed by atoms with Gasteiger partial charge in [0, 0.05) is 0 Å². The summed E-state index contributed by atoms with van der Waals surface area (Å²) in [5, 5.41) is 10.1. The van der Waals surface area contributed by atoms with Gasteiger partial charge in [-0.2, -0.15) is 0 Å². The lowest BCUT2D eigenvalue weighted by Crippen LogP contribution is -2.51. The first-order valence-electron chi connectivity index (χ1n) is 11.3. The summed E-state index contributed by atoms with van der Waals surface area (Å²) in [5.74, 6) is 4.70. The number of hydrogen-bond donors (Lipinski definition) is 1. The smallest absolute Gasteiger partial charge is 0.0724 e. The van der Waals surface area contributed by atoms with Crippen LogP contribution in [0, 0.1) is 40.4 Å². The molecule has 4 aliphatic carbocycles. The lowest BCUT2D eigenvalue weighted by atomic mass is 9.46. The molecule has 1 nitrogen and oxygen atoms in total. The monoisotopic (exact) mass is 344 g/mol. The Morgan fingerprint density at radius 2 is 1.88 bits per heavy atom. The Balaban J connectivity index is 1.59. The molecule has 0 aromatic rings. The van der Waals surface area contributed by atoms with Crippen molar-refractivity contribution in [2.24, 2.45) is 40.4 Å². The van der Waals surface area contributed by atoms with Crippen LogP contribution in [0.5, 0.6) is 0 Å². The summed E-state index contributed by atoms with van der Waals surface area (Å²) >= 11 is 0. The average molecular weight is 345 g/mol. The number of rotatable bonds is 3. The number of hydrogen-bond acceptors (Lipinski definition) is 1. The predicted octanol–water partition coefficient (Wildman–Crippen LogP) is 6.36. The number of aliphatic hydroxyl groups is 1. The summed E-state index contributed by atoms with van der Waals surface area (Å²) in [6.07, 6.45) is 15.6. The van der Waals surface area contributed by atoms with E-state index in [-0.39, 0.29) is 6.10 Å². The fourth-order valence-corrected chi connectivity index (χ4v) is 8.34. The molecule has 0 amide bonds. The molecule has 0 heterocycles. The summed E-state index contributed by atoms with van der Waals surface area (Å²) in [4.78, 5) is 0. The molecule has 4 unspecified atom stereocenters. The van der Waals surface area contributed by atoms with E-state index >= 15 is 0 Å². The highest BCUT2D eigenvalue weighted by Gasteiger charge is 2.59. The van der Waals surface area contributed by atoms with Gasteiger partial charge in [-0.1, -0.05) is 52.2 Å². The minimum atomic E-state index is -0.167. The van der Waals surface area contributed by atoms with E-state index in [1.807, 2.05) is 0 Å². The van der Waals surface area contributed by atoms with Gasteiger partial charge in [0.25, 0.3) is 0 Å². The van der Waals surface area contributed by atoms with Crippen molar-refractivity contribution in [2.75, 3.05) is 0 Å². The quantitative estimate of drug-likeness (QED) is 0.590. The highest BCUT2D eigenvalue weighted by Crippen LogP contribution is 2.67. The Labute approximate surface area is 155 Å². The van der Waals surface area contributed by atoms with Crippen molar-refractivity contribution in [1.82, 2.24) is 0 Å². The van der Waals surface area contributed by atoms with Gasteiger partial charge in [-0.05, 0) is 91.8 Å². The van der Waals surface area contributed by atoms with Crippen molar-refractivity contribution in [3.63, 3.8) is 0 Å². The Morgan fingerprint density at radius 1 is 1.08 bits per heavy atom. The Morgan fingerprint density at radius 3 is 2.64 bits per heavy atom. The van der Waals surface area contributed by atoms with Gasteiger partial charge in [0.15, 0.2) is 0 Å². The van der Waals surface area contributed by atoms with Gasteiger partial charge in [-0.15, -0.1) is 0 Å². The molecule has 4 rings (SSSR count). The van der Waals surface area contributed by atoms with Crippen molar-refractivity contribution < 1.29 is 5.11 Å². The maximum atomic E-state index is 10.1. The van der Waals surface area contributed by atoms with E-state index in [9.17, 15) is 5.11 Å². The van der Waals surface area contributed by atoms with Gasteiger partial charge < -0.3 is 5.11 Å². The summed E-state index contributed by atoms with van der Waals surface area (Å²) in [6, 6.07) is 0. The van der Waals surface area contributed by atoms with E-state index in [2.05, 4.69) is 33.8 Å². The molecule has 0 aromatic carbocycles. The summed E-state index contributed by atoms with van der Waals surface area (Å²) in [5.41, 5.74) is 2.63. The lowest BCUT2D eigenvalue weighted by Gasteiger charge is -2.59. The van der Waals surface area contributed by atoms with Crippen LogP contribution in [-0.2, 0) is 0 Å². The van der Waals surface area contributed by atoms with E-state index in [0.717, 1.165) is 36.0 Å². The number of fused-ring (bicyclic) bond motifs is 5. The SMILES string of the molecule is CCCC(C)[C@H]1CCC2C3CCC4=C[C@@H](O)CC[C@]4(C)C3CC[C@@]21C. The lowest BCUT2D eigenvalue weighted by molar-refractivity contribution is -0.0625. The summed E-state index contributed by atoms with van der Waals surface area (Å²) < 4.78 is 0. The molecule has 3 saturated carbocycles. The van der Waals surface area contributed by atoms with Crippen LogP contribution in [0.3, 0.4) is 0 Å². The minimum Gasteiger partial charge on any atom is -0.389 e. The van der Waals surface area contributed by atoms with Crippen LogP contribution in [0.2, 0.25) is 0 Å². The van der Waals surface area contributed by atoms with Crippen LogP contribution in [0.15, 0.2) is 11.6 Å². The van der Waals surface area contributed by atoms with Crippen molar-refractivity contribution in [2.45, 2.75) is 98.0 Å². The van der Waals surface area contributed by atoms with E-state index in [1.54, 1.807) is 5.57 Å². The molecule has 1 N–H and O–H groups in total. The largest absolute Gasteiger partial charge is 0.389 e. The van der Waals surface area contributed by atoms with Gasteiger partial charge >= 0.3 is 0 Å². The molecular formula is C24H40O. The first-order valence-corrected chi connectivity index (χ1v) is 11.3. The Bertz CT molecular complexity index is 536. The molecular weight excluding hydrogens is 304 g/mol. The molecule has 0 spiro atoms. The topological polar surface area (TPSA) is 20.2 Å². The minimum absolute atomic E-state index is 0.167. The Hall–Kier alpha value is -0.300. The summed E-state index contributed by atoms with van der Waals surface area (Å²) in [6.45, 7) is 10.1. The van der Waals surface area contributed by atoms with E-state index < -0.39 is 0 Å². The molecule has 25 heavy (non-hydrogen) atoms. The molecule has 0 bridgehead atoms. The second-order valence-corrected chi connectivity index (χ2v) is 10.6. The van der Waals surface area contributed by atoms with E-state index in [1.165, 1.54) is 57.8 Å². The third kappa shape index (κ3) is 2.67. The number of allylic oxidation sites excluding steroid dienone is 1. The molecule has 142 valence electrons. The van der Waals surface area contributed by atoms with Crippen LogP contribution in [0.25, 0.3) is 0 Å². The predicted molar refractivity (Wildman–Crippen MR) is 105 cm³/mol. The van der Waals surface area contributed by atoms with E-state index in [0.29, 0.717) is 10.8 Å². The molecule has 1 heteroatoms. The second kappa shape index (κ2) is 6.39. The van der Waals surface area contributed by atoms with Gasteiger partial charge in [-0.3, -0.25) is 0 Å². The van der Waals surface area contributed by atoms with Crippen LogP contribution in [0.1, 0.15) is 91.9 Å². The standard InChI is InChI=1S/C24H40O/c1-5-6-16(2)20-9-10-21-19-8-7-17-15-18(25)11-13-23(17,3)22(19)12-14-24(20,21)4/h15-16,18-22,25H,5-14H2,1-4H3/t16?,18-,19?,20+,21?,22?,23-,24+/m0/s1.